The minimum absolute atomic E-state index is 0.264. The number of hydrogen-bond donors (Lipinski definition) is 1. The van der Waals surface area contributed by atoms with E-state index in [1.807, 2.05) is 6.07 Å². The average molecular weight is 306 g/mol. The van der Waals surface area contributed by atoms with Crippen LogP contribution in [-0.2, 0) is 19.4 Å². The number of hydrogen-bond acceptors (Lipinski definition) is 2. The maximum absolute atomic E-state index is 12.9. The number of halogens is 2. The molecule has 1 N–H and O–H groups in total. The fraction of sp³-hybridized carbons (Fsp3) is 0.294. The van der Waals surface area contributed by atoms with Crippen molar-refractivity contribution in [3.8, 4) is 5.75 Å². The first-order valence-electron chi connectivity index (χ1n) is 7.12. The first-order valence-corrected chi connectivity index (χ1v) is 7.50. The Morgan fingerprint density at radius 1 is 1.05 bits per heavy atom. The number of benzene rings is 2. The predicted molar refractivity (Wildman–Crippen MR) is 82.5 cm³/mol. The van der Waals surface area contributed by atoms with Crippen LogP contribution in [0.4, 0.5) is 4.39 Å². The van der Waals surface area contributed by atoms with Gasteiger partial charge in [-0.25, -0.2) is 4.39 Å². The monoisotopic (exact) mass is 305 g/mol. The van der Waals surface area contributed by atoms with Crippen molar-refractivity contribution < 1.29 is 9.13 Å². The minimum Gasteiger partial charge on any atom is -0.489 e. The van der Waals surface area contributed by atoms with Gasteiger partial charge < -0.3 is 10.1 Å². The highest BCUT2D eigenvalue weighted by atomic mass is 35.5. The van der Waals surface area contributed by atoms with Gasteiger partial charge in [-0.2, -0.15) is 0 Å². The Bertz CT molecular complexity index is 627. The molecule has 0 radical (unpaired) electrons. The highest BCUT2D eigenvalue weighted by molar-refractivity contribution is 6.31. The van der Waals surface area contributed by atoms with Crippen LogP contribution in [0.3, 0.4) is 0 Å². The third-order valence-corrected chi connectivity index (χ3v) is 4.14. The molecule has 0 bridgehead atoms. The Morgan fingerprint density at radius 2 is 1.81 bits per heavy atom. The molecule has 0 saturated heterocycles. The lowest BCUT2D eigenvalue weighted by Crippen LogP contribution is -2.16. The molecule has 4 heteroatoms. The van der Waals surface area contributed by atoms with E-state index in [9.17, 15) is 4.39 Å². The van der Waals surface area contributed by atoms with E-state index in [1.54, 1.807) is 12.1 Å². The maximum Gasteiger partial charge on any atom is 0.123 e. The van der Waals surface area contributed by atoms with Crippen molar-refractivity contribution in [3.05, 3.63) is 63.9 Å². The Morgan fingerprint density at radius 3 is 2.62 bits per heavy atom. The van der Waals surface area contributed by atoms with E-state index in [-0.39, 0.29) is 5.82 Å². The first-order chi connectivity index (χ1) is 10.2. The number of fused-ring (bicyclic) bond motifs is 1. The van der Waals surface area contributed by atoms with Gasteiger partial charge in [-0.3, -0.25) is 0 Å². The fourth-order valence-corrected chi connectivity index (χ4v) is 2.89. The number of rotatable bonds is 3. The van der Waals surface area contributed by atoms with Crippen LogP contribution in [0.1, 0.15) is 16.7 Å². The second-order valence-electron chi connectivity index (χ2n) is 5.16. The summed E-state index contributed by atoms with van der Waals surface area (Å²) in [7, 11) is 0. The van der Waals surface area contributed by atoms with E-state index in [4.69, 9.17) is 16.3 Å². The molecule has 0 spiro atoms. The van der Waals surface area contributed by atoms with Gasteiger partial charge in [-0.15, -0.1) is 0 Å². The second-order valence-corrected chi connectivity index (χ2v) is 5.56. The van der Waals surface area contributed by atoms with Crippen molar-refractivity contribution in [3.63, 3.8) is 0 Å². The molecule has 0 amide bonds. The Hall–Kier alpha value is -1.58. The maximum atomic E-state index is 12.9. The lowest BCUT2D eigenvalue weighted by molar-refractivity contribution is 0.304. The molecule has 0 atom stereocenters. The Kier molecular flexibility index (Phi) is 4.42. The van der Waals surface area contributed by atoms with Crippen molar-refractivity contribution in [1.82, 2.24) is 5.32 Å². The van der Waals surface area contributed by atoms with E-state index < -0.39 is 0 Å². The molecule has 2 aromatic carbocycles. The number of ether oxygens (including phenoxy) is 1. The van der Waals surface area contributed by atoms with Crippen molar-refractivity contribution in [1.29, 1.82) is 0 Å². The lowest BCUT2D eigenvalue weighted by atomic mass is 9.97. The van der Waals surface area contributed by atoms with Gasteiger partial charge in [0.15, 0.2) is 0 Å². The van der Waals surface area contributed by atoms with Gasteiger partial charge in [-0.1, -0.05) is 17.7 Å². The molecule has 1 heterocycles. The van der Waals surface area contributed by atoms with Gasteiger partial charge in [0.25, 0.3) is 0 Å². The Labute approximate surface area is 128 Å². The van der Waals surface area contributed by atoms with E-state index in [1.165, 1.54) is 23.3 Å². The van der Waals surface area contributed by atoms with Crippen LogP contribution in [0.2, 0.25) is 5.02 Å². The molecular weight excluding hydrogens is 289 g/mol. The summed E-state index contributed by atoms with van der Waals surface area (Å²) in [6.45, 7) is 2.36. The van der Waals surface area contributed by atoms with Crippen LogP contribution < -0.4 is 10.1 Å². The summed E-state index contributed by atoms with van der Waals surface area (Å²) in [5.41, 5.74) is 3.67. The third-order valence-electron chi connectivity index (χ3n) is 3.79. The Balaban J connectivity index is 1.82. The predicted octanol–water partition coefficient (Wildman–Crippen LogP) is 3.75. The van der Waals surface area contributed by atoms with Crippen LogP contribution in [0, 0.1) is 5.82 Å². The summed E-state index contributed by atoms with van der Waals surface area (Å²) < 4.78 is 18.7. The van der Waals surface area contributed by atoms with Crippen LogP contribution in [-0.4, -0.2) is 13.1 Å². The quantitative estimate of drug-likeness (QED) is 0.932. The molecule has 0 saturated carbocycles. The van der Waals surface area contributed by atoms with Crippen LogP contribution in [0.5, 0.6) is 5.75 Å². The second kappa shape index (κ2) is 6.46. The van der Waals surface area contributed by atoms with Gasteiger partial charge in [0.1, 0.15) is 18.2 Å². The molecular formula is C17H17ClFNO. The topological polar surface area (TPSA) is 21.3 Å². The van der Waals surface area contributed by atoms with Gasteiger partial charge in [0, 0.05) is 10.6 Å². The van der Waals surface area contributed by atoms with Crippen LogP contribution in [0.15, 0.2) is 36.4 Å². The van der Waals surface area contributed by atoms with Crippen LogP contribution >= 0.6 is 11.6 Å². The van der Waals surface area contributed by atoms with Gasteiger partial charge in [0.05, 0.1) is 0 Å². The third kappa shape index (κ3) is 3.36. The zero-order valence-electron chi connectivity index (χ0n) is 11.7. The summed E-state index contributed by atoms with van der Waals surface area (Å²) in [5.74, 6) is 0.386. The van der Waals surface area contributed by atoms with E-state index in [2.05, 4.69) is 11.4 Å². The SMILES string of the molecule is Fc1ccc(OCc2c(Cl)ccc3c2CCNCC3)cc1. The molecule has 0 aromatic heterocycles. The first kappa shape index (κ1) is 14.4. The fourth-order valence-electron chi connectivity index (χ4n) is 2.66. The lowest BCUT2D eigenvalue weighted by Gasteiger charge is -2.15. The summed E-state index contributed by atoms with van der Waals surface area (Å²) >= 11 is 6.35. The van der Waals surface area contributed by atoms with Gasteiger partial charge in [-0.05, 0) is 67.4 Å². The van der Waals surface area contributed by atoms with Crippen molar-refractivity contribution in [2.45, 2.75) is 19.4 Å². The molecule has 21 heavy (non-hydrogen) atoms. The summed E-state index contributed by atoms with van der Waals surface area (Å²) in [5, 5.41) is 4.13. The minimum atomic E-state index is -0.264. The zero-order valence-corrected chi connectivity index (χ0v) is 12.4. The normalized spacial score (nSPS) is 14.4. The van der Waals surface area contributed by atoms with Crippen molar-refractivity contribution in [2.24, 2.45) is 0 Å². The molecule has 1 aliphatic heterocycles. The van der Waals surface area contributed by atoms with Crippen molar-refractivity contribution in [2.75, 3.05) is 13.1 Å². The van der Waals surface area contributed by atoms with E-state index >= 15 is 0 Å². The van der Waals surface area contributed by atoms with Crippen LogP contribution in [0.25, 0.3) is 0 Å². The molecule has 0 unspecified atom stereocenters. The average Bonchev–Trinajstić information content (AvgIpc) is 2.73. The van der Waals surface area contributed by atoms with E-state index in [0.717, 1.165) is 36.5 Å². The molecule has 1 aliphatic rings. The van der Waals surface area contributed by atoms with E-state index in [0.29, 0.717) is 12.4 Å². The molecule has 0 fully saturated rings. The molecule has 2 aromatic rings. The number of nitrogens with one attached hydrogen (secondary N) is 1. The largest absolute Gasteiger partial charge is 0.489 e. The molecule has 3 rings (SSSR count). The smallest absolute Gasteiger partial charge is 0.123 e. The summed E-state index contributed by atoms with van der Waals surface area (Å²) in [4.78, 5) is 0. The summed E-state index contributed by atoms with van der Waals surface area (Å²) in [6.07, 6.45) is 1.97. The van der Waals surface area contributed by atoms with Crippen molar-refractivity contribution >= 4 is 11.6 Å². The van der Waals surface area contributed by atoms with Gasteiger partial charge in [0.2, 0.25) is 0 Å². The molecule has 0 aliphatic carbocycles. The van der Waals surface area contributed by atoms with Gasteiger partial charge >= 0.3 is 0 Å². The highest BCUT2D eigenvalue weighted by Gasteiger charge is 2.15. The summed E-state index contributed by atoms with van der Waals surface area (Å²) in [6, 6.07) is 10.1. The molecule has 2 nitrogen and oxygen atoms in total. The highest BCUT2D eigenvalue weighted by Crippen LogP contribution is 2.27. The zero-order chi connectivity index (χ0) is 14.7. The standard InChI is InChI=1S/C17H17ClFNO/c18-17-6-1-12-7-9-20-10-8-15(12)16(17)11-21-14-4-2-13(19)3-5-14/h1-6,20H,7-11H2. The molecule has 110 valence electrons.